The molecule has 0 rings (SSSR count). The monoisotopic (exact) mass is 332 g/mol. The predicted molar refractivity (Wildman–Crippen MR) is 89.7 cm³/mol. The van der Waals surface area contributed by atoms with Crippen molar-refractivity contribution in [2.24, 2.45) is 0 Å². The van der Waals surface area contributed by atoms with Crippen LogP contribution in [0.3, 0.4) is 0 Å². The normalized spacial score (nSPS) is 11.4. The van der Waals surface area contributed by atoms with E-state index in [9.17, 15) is 4.79 Å². The Bertz CT molecular complexity index is 286. The van der Waals surface area contributed by atoms with Crippen LogP contribution in [0.15, 0.2) is 12.7 Å². The molecule has 0 spiro atoms. The highest BCUT2D eigenvalue weighted by atomic mass is 28.4. The Morgan fingerprint density at radius 3 is 2.05 bits per heavy atom. The van der Waals surface area contributed by atoms with E-state index in [4.69, 9.17) is 18.0 Å². The van der Waals surface area contributed by atoms with E-state index in [0.717, 1.165) is 44.6 Å². The summed E-state index contributed by atoms with van der Waals surface area (Å²) in [6, 6.07) is 0.753. The summed E-state index contributed by atoms with van der Waals surface area (Å²) in [5.74, 6) is -0.381. The molecule has 0 aliphatic rings. The minimum absolute atomic E-state index is 0.381. The molecule has 5 nitrogen and oxygen atoms in total. The van der Waals surface area contributed by atoms with Gasteiger partial charge in [0.25, 0.3) is 0 Å². The number of esters is 1. The zero-order chi connectivity index (χ0) is 16.7. The molecular weight excluding hydrogens is 300 g/mol. The van der Waals surface area contributed by atoms with Gasteiger partial charge in [-0.3, -0.25) is 0 Å². The van der Waals surface area contributed by atoms with E-state index >= 15 is 0 Å². The Balaban J connectivity index is 4.23. The zero-order valence-electron chi connectivity index (χ0n) is 14.4. The van der Waals surface area contributed by atoms with E-state index in [0.29, 0.717) is 19.8 Å². The lowest BCUT2D eigenvalue weighted by molar-refractivity contribution is -0.137. The maximum absolute atomic E-state index is 11.0. The summed E-state index contributed by atoms with van der Waals surface area (Å²) in [7, 11) is -0.922. The largest absolute Gasteiger partial charge is 0.500 e. The van der Waals surface area contributed by atoms with E-state index in [1.165, 1.54) is 6.08 Å². The molecule has 0 aliphatic carbocycles. The highest BCUT2D eigenvalue weighted by Gasteiger charge is 2.39. The molecule has 130 valence electrons. The summed E-state index contributed by atoms with van der Waals surface area (Å²) in [5.41, 5.74) is 0. The molecule has 0 aromatic rings. The number of hydrogen-bond acceptors (Lipinski definition) is 5. The third kappa shape index (κ3) is 10.1. The molecule has 0 atom stereocenters. The van der Waals surface area contributed by atoms with Gasteiger partial charge in [0.2, 0.25) is 0 Å². The van der Waals surface area contributed by atoms with E-state index in [2.05, 4.69) is 20.4 Å². The molecule has 0 aromatic heterocycles. The molecule has 0 saturated carbocycles. The Hall–Kier alpha value is -0.693. The molecule has 0 saturated heterocycles. The zero-order valence-corrected chi connectivity index (χ0v) is 15.4. The Labute approximate surface area is 136 Å². The minimum Gasteiger partial charge on any atom is -0.463 e. The molecule has 0 unspecified atom stereocenters. The number of ether oxygens (including phenoxy) is 1. The van der Waals surface area contributed by atoms with Crippen molar-refractivity contribution >= 4 is 14.8 Å². The van der Waals surface area contributed by atoms with Crippen molar-refractivity contribution in [3.05, 3.63) is 12.7 Å². The number of rotatable bonds is 15. The van der Waals surface area contributed by atoms with Gasteiger partial charge in [-0.05, 0) is 25.7 Å². The van der Waals surface area contributed by atoms with E-state index < -0.39 is 8.80 Å². The van der Waals surface area contributed by atoms with Crippen LogP contribution < -0.4 is 0 Å². The lowest BCUT2D eigenvalue weighted by Crippen LogP contribution is -2.45. The second-order valence-electron chi connectivity index (χ2n) is 5.12. The van der Waals surface area contributed by atoms with Gasteiger partial charge >= 0.3 is 14.8 Å². The van der Waals surface area contributed by atoms with Crippen molar-refractivity contribution < 1.29 is 22.8 Å². The summed E-state index contributed by atoms with van der Waals surface area (Å²) < 4.78 is 22.6. The molecule has 0 heterocycles. The van der Waals surface area contributed by atoms with Crippen LogP contribution in [0.25, 0.3) is 0 Å². The molecule has 0 aromatic carbocycles. The lowest BCUT2D eigenvalue weighted by Gasteiger charge is -2.28. The van der Waals surface area contributed by atoms with Crippen LogP contribution in [0.5, 0.6) is 0 Å². The lowest BCUT2D eigenvalue weighted by atomic mass is 10.4. The van der Waals surface area contributed by atoms with Gasteiger partial charge in [-0.25, -0.2) is 4.79 Å². The quantitative estimate of drug-likeness (QED) is 0.198. The fourth-order valence-corrected chi connectivity index (χ4v) is 4.23. The average molecular weight is 333 g/mol. The van der Waals surface area contributed by atoms with Gasteiger partial charge in [0.05, 0.1) is 6.61 Å². The van der Waals surface area contributed by atoms with Gasteiger partial charge in [0.1, 0.15) is 0 Å². The van der Waals surface area contributed by atoms with E-state index in [-0.39, 0.29) is 5.97 Å². The van der Waals surface area contributed by atoms with Gasteiger partial charge in [-0.1, -0.05) is 33.3 Å². The van der Waals surface area contributed by atoms with Gasteiger partial charge < -0.3 is 18.0 Å². The molecule has 6 heteroatoms. The first-order valence-electron chi connectivity index (χ1n) is 8.26. The van der Waals surface area contributed by atoms with Crippen molar-refractivity contribution in [1.82, 2.24) is 0 Å². The third-order valence-corrected chi connectivity index (χ3v) is 6.11. The number of unbranched alkanes of at least 4 members (excludes halogenated alkanes) is 3. The average Bonchev–Trinajstić information content (AvgIpc) is 2.54. The van der Waals surface area contributed by atoms with Gasteiger partial charge in [0.15, 0.2) is 0 Å². The maximum Gasteiger partial charge on any atom is 0.500 e. The van der Waals surface area contributed by atoms with Gasteiger partial charge in [-0.2, -0.15) is 0 Å². The van der Waals surface area contributed by atoms with Gasteiger partial charge in [0, 0.05) is 32.4 Å². The summed E-state index contributed by atoms with van der Waals surface area (Å²) >= 11 is 0. The highest BCUT2D eigenvalue weighted by Crippen LogP contribution is 2.19. The summed E-state index contributed by atoms with van der Waals surface area (Å²) in [5, 5.41) is 0. The SMILES string of the molecule is C=CC(=O)OCCCC[Si](OC)(OCCCC)OCCCC. The molecule has 0 radical (unpaired) electrons. The molecule has 0 amide bonds. The second-order valence-corrected chi connectivity index (χ2v) is 7.97. The van der Waals surface area contributed by atoms with Crippen LogP contribution in [-0.4, -0.2) is 41.7 Å². The van der Waals surface area contributed by atoms with Gasteiger partial charge in [-0.15, -0.1) is 0 Å². The third-order valence-electron chi connectivity index (χ3n) is 3.24. The standard InChI is InChI=1S/C16H32O5Si/c1-5-8-13-20-22(18-4,21-14-9-6-2)15-11-10-12-19-16(17)7-3/h7H,3,5-6,8-15H2,1-2,4H3. The van der Waals surface area contributed by atoms with Crippen LogP contribution in [0, 0.1) is 0 Å². The van der Waals surface area contributed by atoms with Crippen molar-refractivity contribution in [3.8, 4) is 0 Å². The van der Waals surface area contributed by atoms with Crippen LogP contribution in [0.2, 0.25) is 6.04 Å². The van der Waals surface area contributed by atoms with Crippen molar-refractivity contribution in [3.63, 3.8) is 0 Å². The fraction of sp³-hybridized carbons (Fsp3) is 0.812. The topological polar surface area (TPSA) is 54.0 Å². The fourth-order valence-electron chi connectivity index (χ4n) is 1.83. The smallest absolute Gasteiger partial charge is 0.463 e. The number of hydrogen-bond donors (Lipinski definition) is 0. The van der Waals surface area contributed by atoms with Crippen LogP contribution in [-0.2, 0) is 22.8 Å². The molecule has 0 N–H and O–H groups in total. The molecular formula is C16H32O5Si. The minimum atomic E-state index is -2.59. The second kappa shape index (κ2) is 13.9. The van der Waals surface area contributed by atoms with E-state index in [1.807, 2.05) is 0 Å². The number of carbonyl (C=O) groups is 1. The first-order valence-corrected chi connectivity index (χ1v) is 10.2. The molecule has 22 heavy (non-hydrogen) atoms. The van der Waals surface area contributed by atoms with Crippen molar-refractivity contribution in [2.75, 3.05) is 26.9 Å². The van der Waals surface area contributed by atoms with Crippen molar-refractivity contribution in [2.45, 2.75) is 58.4 Å². The Morgan fingerprint density at radius 2 is 1.59 bits per heavy atom. The number of carbonyl (C=O) groups excluding carboxylic acids is 1. The summed E-state index contributed by atoms with van der Waals surface area (Å²) in [4.78, 5) is 11.0. The first kappa shape index (κ1) is 21.3. The maximum atomic E-state index is 11.0. The molecule has 0 aliphatic heterocycles. The highest BCUT2D eigenvalue weighted by molar-refractivity contribution is 6.60. The van der Waals surface area contributed by atoms with Crippen LogP contribution >= 0.6 is 0 Å². The van der Waals surface area contributed by atoms with Crippen LogP contribution in [0.1, 0.15) is 52.4 Å². The van der Waals surface area contributed by atoms with E-state index in [1.54, 1.807) is 7.11 Å². The van der Waals surface area contributed by atoms with Crippen molar-refractivity contribution in [1.29, 1.82) is 0 Å². The Morgan fingerprint density at radius 1 is 1.00 bits per heavy atom. The summed E-state index contributed by atoms with van der Waals surface area (Å²) in [6.45, 7) is 9.37. The molecule has 0 bridgehead atoms. The summed E-state index contributed by atoms with van der Waals surface area (Å²) in [6.07, 6.45) is 6.98. The predicted octanol–water partition coefficient (Wildman–Crippen LogP) is 3.71. The Kier molecular flexibility index (Phi) is 13.5. The van der Waals surface area contributed by atoms with Crippen LogP contribution in [0.4, 0.5) is 0 Å². The first-order chi connectivity index (χ1) is 10.6. The molecule has 0 fully saturated rings.